The zero-order valence-electron chi connectivity index (χ0n) is 12.8. The quantitative estimate of drug-likeness (QED) is 0.918. The van der Waals surface area contributed by atoms with E-state index in [0.717, 1.165) is 23.5 Å². The van der Waals surface area contributed by atoms with Gasteiger partial charge in [0.2, 0.25) is 0 Å². The Morgan fingerprint density at radius 2 is 2.09 bits per heavy atom. The van der Waals surface area contributed by atoms with Gasteiger partial charge in [0.05, 0.1) is 12.7 Å². The van der Waals surface area contributed by atoms with Gasteiger partial charge in [-0.15, -0.1) is 0 Å². The van der Waals surface area contributed by atoms with Crippen molar-refractivity contribution in [2.75, 3.05) is 39.5 Å². The molecule has 0 bridgehead atoms. The van der Waals surface area contributed by atoms with Gasteiger partial charge < -0.3 is 24.4 Å². The van der Waals surface area contributed by atoms with Gasteiger partial charge in [0, 0.05) is 19.6 Å². The molecule has 0 unspecified atom stereocenters. The Bertz CT molecular complexity index is 535. The molecule has 1 fully saturated rings. The van der Waals surface area contributed by atoms with Gasteiger partial charge in [-0.05, 0) is 31.0 Å². The standard InChI is InChI=1S/C16H22N2O4/c1-12-11-18(6-7-20-12)16(19)17-5-4-13-2-3-14-15(10-13)22-9-8-21-14/h2-3,10,12H,4-9,11H2,1H3,(H,17,19)/t12-/m0/s1. The minimum atomic E-state index is -0.0207. The number of benzene rings is 1. The van der Waals surface area contributed by atoms with Crippen molar-refractivity contribution in [3.8, 4) is 11.5 Å². The summed E-state index contributed by atoms with van der Waals surface area (Å²) < 4.78 is 16.5. The van der Waals surface area contributed by atoms with E-state index in [2.05, 4.69) is 5.32 Å². The zero-order valence-corrected chi connectivity index (χ0v) is 12.8. The van der Waals surface area contributed by atoms with Crippen molar-refractivity contribution in [1.82, 2.24) is 10.2 Å². The maximum atomic E-state index is 12.1. The lowest BCUT2D eigenvalue weighted by molar-refractivity contribution is -0.00342. The first kappa shape index (κ1) is 15.0. The summed E-state index contributed by atoms with van der Waals surface area (Å²) in [6, 6.07) is 5.90. The van der Waals surface area contributed by atoms with Gasteiger partial charge in [0.15, 0.2) is 11.5 Å². The van der Waals surface area contributed by atoms with Gasteiger partial charge in [-0.25, -0.2) is 4.79 Å². The number of rotatable bonds is 3. The average molecular weight is 306 g/mol. The lowest BCUT2D eigenvalue weighted by Crippen LogP contribution is -2.49. The van der Waals surface area contributed by atoms with Crippen LogP contribution in [0.15, 0.2) is 18.2 Å². The Hall–Kier alpha value is -1.95. The summed E-state index contributed by atoms with van der Waals surface area (Å²) in [5, 5.41) is 2.96. The molecule has 2 aliphatic rings. The predicted molar refractivity (Wildman–Crippen MR) is 81.5 cm³/mol. The number of nitrogens with one attached hydrogen (secondary N) is 1. The molecule has 1 aromatic rings. The van der Waals surface area contributed by atoms with Crippen LogP contribution in [0, 0.1) is 0 Å². The van der Waals surface area contributed by atoms with E-state index in [4.69, 9.17) is 14.2 Å². The van der Waals surface area contributed by atoms with Crippen molar-refractivity contribution in [2.45, 2.75) is 19.4 Å². The number of carbonyl (C=O) groups excluding carboxylic acids is 1. The predicted octanol–water partition coefficient (Wildman–Crippen LogP) is 1.43. The fourth-order valence-corrected chi connectivity index (χ4v) is 2.67. The van der Waals surface area contributed by atoms with Crippen LogP contribution < -0.4 is 14.8 Å². The lowest BCUT2D eigenvalue weighted by Gasteiger charge is -2.31. The van der Waals surface area contributed by atoms with Crippen LogP contribution >= 0.6 is 0 Å². The molecule has 1 N–H and O–H groups in total. The molecule has 1 saturated heterocycles. The van der Waals surface area contributed by atoms with E-state index in [1.807, 2.05) is 25.1 Å². The van der Waals surface area contributed by atoms with Crippen molar-refractivity contribution >= 4 is 6.03 Å². The molecular formula is C16H22N2O4. The largest absolute Gasteiger partial charge is 0.486 e. The number of ether oxygens (including phenoxy) is 3. The van der Waals surface area contributed by atoms with Crippen LogP contribution in [0.5, 0.6) is 11.5 Å². The van der Waals surface area contributed by atoms with Gasteiger partial charge in [0.25, 0.3) is 0 Å². The summed E-state index contributed by atoms with van der Waals surface area (Å²) in [7, 11) is 0. The van der Waals surface area contributed by atoms with Gasteiger partial charge in [0.1, 0.15) is 13.2 Å². The van der Waals surface area contributed by atoms with Crippen molar-refractivity contribution in [3.63, 3.8) is 0 Å². The molecule has 2 aliphatic heterocycles. The molecule has 6 nitrogen and oxygen atoms in total. The van der Waals surface area contributed by atoms with Crippen LogP contribution in [0.2, 0.25) is 0 Å². The molecule has 2 amide bonds. The summed E-state index contributed by atoms with van der Waals surface area (Å²) >= 11 is 0. The fourth-order valence-electron chi connectivity index (χ4n) is 2.67. The molecule has 0 radical (unpaired) electrons. The fraction of sp³-hybridized carbons (Fsp3) is 0.562. The van der Waals surface area contributed by atoms with Crippen molar-refractivity contribution in [2.24, 2.45) is 0 Å². The topological polar surface area (TPSA) is 60.0 Å². The smallest absolute Gasteiger partial charge is 0.317 e. The summed E-state index contributed by atoms with van der Waals surface area (Å²) in [6.45, 7) is 5.68. The van der Waals surface area contributed by atoms with Crippen LogP contribution in [-0.4, -0.2) is 56.5 Å². The van der Waals surface area contributed by atoms with Gasteiger partial charge in [-0.1, -0.05) is 6.07 Å². The summed E-state index contributed by atoms with van der Waals surface area (Å²) in [4.78, 5) is 13.9. The minimum absolute atomic E-state index is 0.0207. The number of amides is 2. The Labute approximate surface area is 130 Å². The molecule has 0 aliphatic carbocycles. The zero-order chi connectivity index (χ0) is 15.4. The number of morpholine rings is 1. The number of carbonyl (C=O) groups is 1. The van der Waals surface area contributed by atoms with E-state index in [9.17, 15) is 4.79 Å². The monoisotopic (exact) mass is 306 g/mol. The van der Waals surface area contributed by atoms with E-state index in [1.54, 1.807) is 4.90 Å². The second-order valence-electron chi connectivity index (χ2n) is 5.59. The molecule has 1 aromatic carbocycles. The number of fused-ring (bicyclic) bond motifs is 1. The SMILES string of the molecule is C[C@H]1CN(C(=O)NCCc2ccc3c(c2)OCCO3)CCO1. The Morgan fingerprint density at radius 1 is 1.27 bits per heavy atom. The molecule has 2 heterocycles. The molecule has 0 aromatic heterocycles. The van der Waals surface area contributed by atoms with Crippen molar-refractivity contribution in [3.05, 3.63) is 23.8 Å². The van der Waals surface area contributed by atoms with Crippen LogP contribution in [0.3, 0.4) is 0 Å². The molecular weight excluding hydrogens is 284 g/mol. The van der Waals surface area contributed by atoms with Crippen molar-refractivity contribution < 1.29 is 19.0 Å². The highest BCUT2D eigenvalue weighted by Gasteiger charge is 2.20. The first-order valence-corrected chi connectivity index (χ1v) is 7.75. The highest BCUT2D eigenvalue weighted by Crippen LogP contribution is 2.30. The first-order valence-electron chi connectivity index (χ1n) is 7.75. The third-order valence-electron chi connectivity index (χ3n) is 3.82. The Kier molecular flexibility index (Phi) is 4.68. The average Bonchev–Trinajstić information content (AvgIpc) is 2.54. The Morgan fingerprint density at radius 3 is 2.91 bits per heavy atom. The summed E-state index contributed by atoms with van der Waals surface area (Å²) in [6.07, 6.45) is 0.875. The van der Waals surface area contributed by atoms with E-state index < -0.39 is 0 Å². The van der Waals surface area contributed by atoms with E-state index >= 15 is 0 Å². The molecule has 3 rings (SSSR count). The van der Waals surface area contributed by atoms with Gasteiger partial charge in [-0.3, -0.25) is 0 Å². The summed E-state index contributed by atoms with van der Waals surface area (Å²) in [5.74, 6) is 1.58. The van der Waals surface area contributed by atoms with Gasteiger partial charge >= 0.3 is 6.03 Å². The second-order valence-corrected chi connectivity index (χ2v) is 5.59. The second kappa shape index (κ2) is 6.87. The number of nitrogens with zero attached hydrogens (tertiary/aromatic N) is 1. The Balaban J connectivity index is 1.47. The third-order valence-corrected chi connectivity index (χ3v) is 3.82. The molecule has 22 heavy (non-hydrogen) atoms. The lowest BCUT2D eigenvalue weighted by atomic mass is 10.1. The van der Waals surface area contributed by atoms with Crippen LogP contribution in [-0.2, 0) is 11.2 Å². The maximum Gasteiger partial charge on any atom is 0.317 e. The molecule has 1 atom stereocenters. The van der Waals surface area contributed by atoms with Crippen LogP contribution in [0.4, 0.5) is 4.79 Å². The maximum absolute atomic E-state index is 12.1. The van der Waals surface area contributed by atoms with E-state index in [-0.39, 0.29) is 12.1 Å². The van der Waals surface area contributed by atoms with E-state index in [0.29, 0.717) is 39.5 Å². The van der Waals surface area contributed by atoms with Gasteiger partial charge in [-0.2, -0.15) is 0 Å². The van der Waals surface area contributed by atoms with Crippen LogP contribution in [0.1, 0.15) is 12.5 Å². The molecule has 0 spiro atoms. The highest BCUT2D eigenvalue weighted by molar-refractivity contribution is 5.74. The van der Waals surface area contributed by atoms with Crippen molar-refractivity contribution in [1.29, 1.82) is 0 Å². The molecule has 120 valence electrons. The molecule has 6 heteroatoms. The van der Waals surface area contributed by atoms with Crippen LogP contribution in [0.25, 0.3) is 0 Å². The third kappa shape index (κ3) is 3.62. The first-order chi connectivity index (χ1) is 10.7. The number of hydrogen-bond donors (Lipinski definition) is 1. The van der Waals surface area contributed by atoms with E-state index in [1.165, 1.54) is 0 Å². The normalized spacial score (nSPS) is 20.6. The number of urea groups is 1. The molecule has 0 saturated carbocycles. The number of hydrogen-bond acceptors (Lipinski definition) is 4. The minimum Gasteiger partial charge on any atom is -0.486 e. The highest BCUT2D eigenvalue weighted by atomic mass is 16.6. The summed E-state index contributed by atoms with van der Waals surface area (Å²) in [5.41, 5.74) is 1.12.